The quantitative estimate of drug-likeness (QED) is 0.856. The molecule has 2 aromatic rings. The van der Waals surface area contributed by atoms with Gasteiger partial charge in [-0.25, -0.2) is 4.98 Å². The zero-order valence-corrected chi connectivity index (χ0v) is 15.1. The number of aliphatic hydroxyl groups excluding tert-OH is 1. The molecule has 0 amide bonds. The molecule has 3 atom stereocenters. The van der Waals surface area contributed by atoms with Crippen molar-refractivity contribution in [2.45, 2.75) is 56.6 Å². The molecule has 0 aromatic carbocycles. The van der Waals surface area contributed by atoms with E-state index in [9.17, 15) is 5.11 Å². The summed E-state index contributed by atoms with van der Waals surface area (Å²) < 4.78 is 17.8. The molecule has 26 heavy (non-hydrogen) atoms. The fourth-order valence-corrected chi connectivity index (χ4v) is 4.43. The molecule has 6 heteroatoms. The van der Waals surface area contributed by atoms with Crippen LogP contribution in [0.4, 0.5) is 0 Å². The van der Waals surface area contributed by atoms with Crippen LogP contribution in [-0.4, -0.2) is 46.4 Å². The van der Waals surface area contributed by atoms with E-state index in [1.165, 1.54) is 0 Å². The number of hydrogen-bond acceptors (Lipinski definition) is 6. The van der Waals surface area contributed by atoms with Crippen molar-refractivity contribution in [3.63, 3.8) is 0 Å². The number of methoxy groups -OCH3 is 1. The van der Waals surface area contributed by atoms with Crippen molar-refractivity contribution in [2.24, 2.45) is 0 Å². The highest BCUT2D eigenvalue weighted by Crippen LogP contribution is 2.43. The summed E-state index contributed by atoms with van der Waals surface area (Å²) in [6, 6.07) is 9.82. The van der Waals surface area contributed by atoms with E-state index >= 15 is 0 Å². The predicted molar refractivity (Wildman–Crippen MR) is 95.7 cm³/mol. The number of hydrogen-bond donors (Lipinski definition) is 1. The van der Waals surface area contributed by atoms with Crippen LogP contribution in [0.2, 0.25) is 0 Å². The summed E-state index contributed by atoms with van der Waals surface area (Å²) in [7, 11) is 1.83. The summed E-state index contributed by atoms with van der Waals surface area (Å²) in [6.07, 6.45) is 5.81. The summed E-state index contributed by atoms with van der Waals surface area (Å²) >= 11 is 0. The van der Waals surface area contributed by atoms with Gasteiger partial charge in [-0.15, -0.1) is 0 Å². The van der Waals surface area contributed by atoms with Gasteiger partial charge < -0.3 is 19.0 Å². The van der Waals surface area contributed by atoms with Gasteiger partial charge in [0.2, 0.25) is 5.88 Å². The van der Waals surface area contributed by atoms with Gasteiger partial charge in [0.05, 0.1) is 12.1 Å². The molecule has 0 spiro atoms. The van der Waals surface area contributed by atoms with E-state index in [4.69, 9.17) is 13.9 Å². The summed E-state index contributed by atoms with van der Waals surface area (Å²) in [6.45, 7) is 1.64. The van der Waals surface area contributed by atoms with Crippen molar-refractivity contribution in [1.29, 1.82) is 0 Å². The summed E-state index contributed by atoms with van der Waals surface area (Å²) in [4.78, 5) is 6.72. The average molecular weight is 358 g/mol. The molecule has 1 N–H and O–H groups in total. The average Bonchev–Trinajstić information content (AvgIpc) is 3.28. The minimum absolute atomic E-state index is 0.0641. The van der Waals surface area contributed by atoms with Crippen LogP contribution >= 0.6 is 0 Å². The first-order valence-electron chi connectivity index (χ1n) is 9.28. The molecule has 4 rings (SSSR count). The lowest BCUT2D eigenvalue weighted by Gasteiger charge is -2.43. The first-order chi connectivity index (χ1) is 12.7. The highest BCUT2D eigenvalue weighted by atomic mass is 16.5. The number of aromatic nitrogens is 1. The van der Waals surface area contributed by atoms with Gasteiger partial charge in [-0.2, -0.15) is 0 Å². The number of nitrogens with zero attached hydrogens (tertiary/aromatic N) is 2. The van der Waals surface area contributed by atoms with Crippen LogP contribution in [0.15, 0.2) is 40.9 Å². The maximum Gasteiger partial charge on any atom is 0.213 e. The van der Waals surface area contributed by atoms with Crippen molar-refractivity contribution in [3.05, 3.63) is 48.0 Å². The van der Waals surface area contributed by atoms with Crippen molar-refractivity contribution in [1.82, 2.24) is 9.88 Å². The van der Waals surface area contributed by atoms with Gasteiger partial charge >= 0.3 is 0 Å². The van der Waals surface area contributed by atoms with Crippen LogP contribution in [0.5, 0.6) is 5.88 Å². The molecule has 2 fully saturated rings. The Morgan fingerprint density at radius 1 is 1.27 bits per heavy atom. The maximum atomic E-state index is 9.20. The second-order valence-electron chi connectivity index (χ2n) is 7.21. The zero-order chi connectivity index (χ0) is 18.0. The Balaban J connectivity index is 1.47. The van der Waals surface area contributed by atoms with E-state index < -0.39 is 0 Å². The lowest BCUT2D eigenvalue weighted by Crippen LogP contribution is -2.52. The number of ether oxygens (including phenoxy) is 2. The molecular formula is C20H26N2O4. The Kier molecular flexibility index (Phi) is 4.98. The molecule has 1 saturated heterocycles. The third kappa shape index (κ3) is 3.37. The van der Waals surface area contributed by atoms with Crippen LogP contribution in [0.3, 0.4) is 0 Å². The number of aliphatic hydroxyl groups is 1. The summed E-state index contributed by atoms with van der Waals surface area (Å²) in [5.74, 6) is 2.18. The van der Waals surface area contributed by atoms with Gasteiger partial charge in [-0.3, -0.25) is 4.90 Å². The minimum Gasteiger partial charge on any atom is -0.474 e. The Bertz CT molecular complexity index is 720. The van der Waals surface area contributed by atoms with Gasteiger partial charge in [0.15, 0.2) is 0 Å². The number of furan rings is 1. The second kappa shape index (κ2) is 7.39. The number of fused-ring (bicyclic) bond motifs is 1. The van der Waals surface area contributed by atoms with E-state index in [2.05, 4.69) is 9.88 Å². The second-order valence-corrected chi connectivity index (χ2v) is 7.21. The van der Waals surface area contributed by atoms with Crippen LogP contribution < -0.4 is 4.74 Å². The van der Waals surface area contributed by atoms with Crippen molar-refractivity contribution in [2.75, 3.05) is 13.7 Å². The molecule has 2 aliphatic rings. The Morgan fingerprint density at radius 2 is 2.15 bits per heavy atom. The molecule has 0 radical (unpaired) electrons. The van der Waals surface area contributed by atoms with Crippen LogP contribution in [-0.2, 0) is 17.9 Å². The highest BCUT2D eigenvalue weighted by Gasteiger charge is 2.51. The van der Waals surface area contributed by atoms with E-state index in [-0.39, 0.29) is 24.4 Å². The van der Waals surface area contributed by atoms with Gasteiger partial charge in [-0.05, 0) is 37.5 Å². The summed E-state index contributed by atoms with van der Waals surface area (Å²) in [5, 5.41) is 9.20. The van der Waals surface area contributed by atoms with Crippen molar-refractivity contribution >= 4 is 0 Å². The molecular weight excluding hydrogens is 332 g/mol. The van der Waals surface area contributed by atoms with Crippen molar-refractivity contribution < 1.29 is 19.0 Å². The number of likely N-dealkylation sites (tertiary alicyclic amines) is 1. The van der Waals surface area contributed by atoms with Crippen LogP contribution in [0, 0.1) is 0 Å². The maximum absolute atomic E-state index is 9.20. The Hall–Kier alpha value is -1.89. The van der Waals surface area contributed by atoms with Gasteiger partial charge in [0.1, 0.15) is 24.2 Å². The zero-order valence-electron chi connectivity index (χ0n) is 15.1. The third-order valence-electron chi connectivity index (χ3n) is 5.81. The first kappa shape index (κ1) is 17.5. The molecule has 2 aromatic heterocycles. The van der Waals surface area contributed by atoms with E-state index in [0.717, 1.165) is 44.5 Å². The van der Waals surface area contributed by atoms with E-state index in [1.54, 1.807) is 6.20 Å². The Labute approximate surface area is 153 Å². The highest BCUT2D eigenvalue weighted by molar-refractivity contribution is 5.13. The van der Waals surface area contributed by atoms with E-state index in [0.29, 0.717) is 11.6 Å². The minimum atomic E-state index is -0.101. The number of rotatable bonds is 6. The van der Waals surface area contributed by atoms with E-state index in [1.807, 2.05) is 37.4 Å². The summed E-state index contributed by atoms with van der Waals surface area (Å²) in [5.41, 5.74) is -0.101. The molecule has 140 valence electrons. The number of pyridine rings is 1. The fourth-order valence-electron chi connectivity index (χ4n) is 4.43. The molecule has 3 heterocycles. The monoisotopic (exact) mass is 358 g/mol. The normalized spacial score (nSPS) is 28.8. The fraction of sp³-hybridized carbons (Fsp3) is 0.550. The largest absolute Gasteiger partial charge is 0.474 e. The SMILES string of the molecule is CO[C@@]12CC[C@@H](Oc3ccccn3)C[C@@H]1N(Cc1ccc(CO)o1)CC2. The Morgan fingerprint density at radius 3 is 2.88 bits per heavy atom. The predicted octanol–water partition coefficient (Wildman–Crippen LogP) is 2.76. The van der Waals surface area contributed by atoms with Crippen LogP contribution in [0.25, 0.3) is 0 Å². The van der Waals surface area contributed by atoms with Crippen LogP contribution in [0.1, 0.15) is 37.2 Å². The molecule has 1 aliphatic carbocycles. The first-order valence-corrected chi connectivity index (χ1v) is 9.28. The third-order valence-corrected chi connectivity index (χ3v) is 5.81. The molecule has 1 aliphatic heterocycles. The molecule has 6 nitrogen and oxygen atoms in total. The van der Waals surface area contributed by atoms with Gasteiger partial charge in [-0.1, -0.05) is 6.07 Å². The molecule has 0 unspecified atom stereocenters. The lowest BCUT2D eigenvalue weighted by atomic mass is 9.79. The standard InChI is InChI=1S/C20H26N2O4/c1-24-20-8-7-15(26-19-4-2-3-10-21-19)12-18(20)22(11-9-20)13-16-5-6-17(14-23)25-16/h2-6,10,15,18,23H,7-9,11-14H2,1H3/t15-,18+,20-/m1/s1. The topological polar surface area (TPSA) is 68.0 Å². The molecule has 1 saturated carbocycles. The van der Waals surface area contributed by atoms with Gasteiger partial charge in [0.25, 0.3) is 0 Å². The van der Waals surface area contributed by atoms with Crippen molar-refractivity contribution in [3.8, 4) is 5.88 Å². The molecule has 0 bridgehead atoms. The van der Waals surface area contributed by atoms with Gasteiger partial charge in [0, 0.05) is 38.4 Å². The smallest absolute Gasteiger partial charge is 0.213 e. The lowest BCUT2D eigenvalue weighted by molar-refractivity contribution is -0.0849.